The van der Waals surface area contributed by atoms with Gasteiger partial charge in [0.05, 0.1) is 13.2 Å². The van der Waals surface area contributed by atoms with Crippen LogP contribution in [0, 0.1) is 6.92 Å². The molecule has 2 fully saturated rings. The van der Waals surface area contributed by atoms with Crippen molar-refractivity contribution in [2.24, 2.45) is 0 Å². The number of benzene rings is 2. The first-order chi connectivity index (χ1) is 12.6. The lowest BCUT2D eigenvalue weighted by atomic mass is 9.64. The van der Waals surface area contributed by atoms with Gasteiger partial charge in [-0.15, -0.1) is 0 Å². The van der Waals surface area contributed by atoms with Crippen LogP contribution < -0.4 is 0 Å². The predicted molar refractivity (Wildman–Crippen MR) is 105 cm³/mol. The summed E-state index contributed by atoms with van der Waals surface area (Å²) >= 11 is 6.28. The van der Waals surface area contributed by atoms with E-state index in [1.165, 1.54) is 22.3 Å². The van der Waals surface area contributed by atoms with E-state index in [1.807, 2.05) is 6.07 Å². The zero-order valence-corrected chi connectivity index (χ0v) is 15.8. The number of ether oxygens (including phenoxy) is 2. The molecule has 0 radical (unpaired) electrons. The van der Waals surface area contributed by atoms with Gasteiger partial charge >= 0.3 is 0 Å². The van der Waals surface area contributed by atoms with Crippen LogP contribution in [0.1, 0.15) is 47.9 Å². The summed E-state index contributed by atoms with van der Waals surface area (Å²) in [4.78, 5) is 0. The normalized spacial score (nSPS) is 22.6. The van der Waals surface area contributed by atoms with Crippen molar-refractivity contribution in [3.05, 3.63) is 69.7 Å². The lowest BCUT2D eigenvalue weighted by Crippen LogP contribution is -2.42. The molecule has 0 unspecified atom stereocenters. The van der Waals surface area contributed by atoms with Gasteiger partial charge in [-0.3, -0.25) is 0 Å². The second kappa shape index (κ2) is 5.95. The maximum Gasteiger partial charge on any atom is 0.168 e. The van der Waals surface area contributed by atoms with Crippen LogP contribution in [0.4, 0.5) is 0 Å². The van der Waals surface area contributed by atoms with Crippen molar-refractivity contribution >= 4 is 23.3 Å². The van der Waals surface area contributed by atoms with Crippen molar-refractivity contribution in [3.8, 4) is 0 Å². The monoisotopic (exact) mass is 366 g/mol. The molecule has 3 heteroatoms. The van der Waals surface area contributed by atoms with Crippen LogP contribution in [-0.2, 0) is 14.9 Å². The van der Waals surface area contributed by atoms with Crippen molar-refractivity contribution in [2.45, 2.75) is 43.8 Å². The molecule has 1 saturated carbocycles. The molecule has 0 bridgehead atoms. The topological polar surface area (TPSA) is 18.5 Å². The van der Waals surface area contributed by atoms with E-state index >= 15 is 0 Å². The molecule has 2 aromatic carbocycles. The highest BCUT2D eigenvalue weighted by molar-refractivity contribution is 6.31. The summed E-state index contributed by atoms with van der Waals surface area (Å²) in [7, 11) is 0. The van der Waals surface area contributed by atoms with E-state index in [-0.39, 0.29) is 11.2 Å². The molecule has 0 amide bonds. The standard InChI is InChI=1S/C23H23ClO2/c1-16-14-18(6-7-21(16)24)20-15-17-4-2-3-5-19(17)22(20)8-10-23(11-9-22)25-12-13-26-23/h2-7,14-15H,8-13H2,1H3. The van der Waals surface area contributed by atoms with E-state index in [9.17, 15) is 0 Å². The van der Waals surface area contributed by atoms with Gasteiger partial charge in [0.25, 0.3) is 0 Å². The molecule has 1 heterocycles. The van der Waals surface area contributed by atoms with E-state index in [1.54, 1.807) is 0 Å². The number of hydrogen-bond donors (Lipinski definition) is 0. The van der Waals surface area contributed by atoms with E-state index in [2.05, 4.69) is 49.4 Å². The highest BCUT2D eigenvalue weighted by Crippen LogP contribution is 2.57. The molecule has 0 N–H and O–H groups in total. The summed E-state index contributed by atoms with van der Waals surface area (Å²) in [6.07, 6.45) is 6.39. The van der Waals surface area contributed by atoms with Crippen molar-refractivity contribution in [3.63, 3.8) is 0 Å². The van der Waals surface area contributed by atoms with Crippen LogP contribution in [0.2, 0.25) is 5.02 Å². The van der Waals surface area contributed by atoms with E-state index in [4.69, 9.17) is 21.1 Å². The maximum absolute atomic E-state index is 6.28. The number of allylic oxidation sites excluding steroid dienone is 1. The first-order valence-corrected chi connectivity index (χ1v) is 9.86. The van der Waals surface area contributed by atoms with Gasteiger partial charge in [0.2, 0.25) is 0 Å². The number of halogens is 1. The van der Waals surface area contributed by atoms with Crippen molar-refractivity contribution in [2.75, 3.05) is 13.2 Å². The molecule has 2 nitrogen and oxygen atoms in total. The smallest absolute Gasteiger partial charge is 0.168 e. The van der Waals surface area contributed by atoms with Gasteiger partial charge in [-0.05, 0) is 59.7 Å². The summed E-state index contributed by atoms with van der Waals surface area (Å²) < 4.78 is 12.0. The van der Waals surface area contributed by atoms with Crippen LogP contribution in [0.3, 0.4) is 0 Å². The highest BCUT2D eigenvalue weighted by Gasteiger charge is 2.50. The zero-order chi connectivity index (χ0) is 17.8. The van der Waals surface area contributed by atoms with Gasteiger partial charge in [-0.25, -0.2) is 0 Å². The summed E-state index contributed by atoms with van der Waals surface area (Å²) in [6.45, 7) is 3.53. The Kier molecular flexibility index (Phi) is 3.79. The minimum atomic E-state index is -0.343. The zero-order valence-electron chi connectivity index (χ0n) is 15.1. The first kappa shape index (κ1) is 16.6. The highest BCUT2D eigenvalue weighted by atomic mass is 35.5. The van der Waals surface area contributed by atoms with E-state index < -0.39 is 0 Å². The van der Waals surface area contributed by atoms with Gasteiger partial charge in [-0.1, -0.05) is 48.0 Å². The third kappa shape index (κ3) is 2.40. The Bertz CT molecular complexity index is 883. The van der Waals surface area contributed by atoms with Gasteiger partial charge < -0.3 is 9.47 Å². The molecule has 3 aliphatic rings. The Morgan fingerprint density at radius 2 is 1.65 bits per heavy atom. The molecule has 0 aromatic heterocycles. The van der Waals surface area contributed by atoms with Crippen LogP contribution in [-0.4, -0.2) is 19.0 Å². The molecule has 5 rings (SSSR count). The molecule has 1 aliphatic heterocycles. The summed E-state index contributed by atoms with van der Waals surface area (Å²) in [6, 6.07) is 15.3. The van der Waals surface area contributed by atoms with E-state index in [0.717, 1.165) is 49.5 Å². The summed E-state index contributed by atoms with van der Waals surface area (Å²) in [5.41, 5.74) is 6.69. The Hall–Kier alpha value is -1.61. The van der Waals surface area contributed by atoms with Gasteiger partial charge in [0.1, 0.15) is 0 Å². The molecule has 134 valence electrons. The lowest BCUT2D eigenvalue weighted by Gasteiger charge is -2.44. The molecule has 1 saturated heterocycles. The van der Waals surface area contributed by atoms with Crippen molar-refractivity contribution < 1.29 is 9.47 Å². The van der Waals surface area contributed by atoms with Crippen LogP contribution in [0.5, 0.6) is 0 Å². The molecular formula is C23H23ClO2. The number of aryl methyl sites for hydroxylation is 1. The fourth-order valence-electron chi connectivity index (χ4n) is 5.05. The van der Waals surface area contributed by atoms with Crippen LogP contribution in [0.25, 0.3) is 11.6 Å². The quantitative estimate of drug-likeness (QED) is 0.639. The SMILES string of the molecule is Cc1cc(C2=Cc3ccccc3C23CCC2(CC3)OCCO2)ccc1Cl. The molecule has 2 aliphatic carbocycles. The third-order valence-electron chi connectivity index (χ3n) is 6.44. The maximum atomic E-state index is 6.28. The average molecular weight is 367 g/mol. The molecular weight excluding hydrogens is 344 g/mol. The molecule has 0 atom stereocenters. The Labute approximate surface area is 159 Å². The first-order valence-electron chi connectivity index (χ1n) is 9.48. The summed E-state index contributed by atoms with van der Waals surface area (Å²) in [5, 5.41) is 0.828. The fraction of sp³-hybridized carbons (Fsp3) is 0.391. The Morgan fingerprint density at radius 3 is 2.38 bits per heavy atom. The Balaban J connectivity index is 1.59. The number of rotatable bonds is 1. The number of hydrogen-bond acceptors (Lipinski definition) is 2. The Morgan fingerprint density at radius 1 is 0.923 bits per heavy atom. The van der Waals surface area contributed by atoms with Crippen LogP contribution in [0.15, 0.2) is 42.5 Å². The van der Waals surface area contributed by atoms with Crippen molar-refractivity contribution in [1.29, 1.82) is 0 Å². The minimum Gasteiger partial charge on any atom is -0.348 e. The predicted octanol–water partition coefficient (Wildman–Crippen LogP) is 5.76. The average Bonchev–Trinajstić information content (AvgIpc) is 3.24. The van der Waals surface area contributed by atoms with Gasteiger partial charge in [0.15, 0.2) is 5.79 Å². The van der Waals surface area contributed by atoms with Gasteiger partial charge in [0, 0.05) is 23.3 Å². The molecule has 26 heavy (non-hydrogen) atoms. The van der Waals surface area contributed by atoms with E-state index in [0.29, 0.717) is 0 Å². The largest absolute Gasteiger partial charge is 0.348 e. The van der Waals surface area contributed by atoms with Gasteiger partial charge in [-0.2, -0.15) is 0 Å². The minimum absolute atomic E-state index is 0.0530. The second-order valence-corrected chi connectivity index (χ2v) is 8.21. The third-order valence-corrected chi connectivity index (χ3v) is 6.86. The summed E-state index contributed by atoms with van der Waals surface area (Å²) in [5.74, 6) is -0.343. The fourth-order valence-corrected chi connectivity index (χ4v) is 5.17. The second-order valence-electron chi connectivity index (χ2n) is 7.80. The number of fused-ring (bicyclic) bond motifs is 2. The lowest BCUT2D eigenvalue weighted by molar-refractivity contribution is -0.182. The molecule has 2 spiro atoms. The van der Waals surface area contributed by atoms with Crippen molar-refractivity contribution in [1.82, 2.24) is 0 Å². The molecule has 2 aromatic rings. The van der Waals surface area contributed by atoms with Crippen LogP contribution >= 0.6 is 11.6 Å².